The van der Waals surface area contributed by atoms with Crippen LogP contribution in [0.15, 0.2) is 18.2 Å². The van der Waals surface area contributed by atoms with Gasteiger partial charge in [0.25, 0.3) is 5.91 Å². The molecule has 1 amide bonds. The van der Waals surface area contributed by atoms with Crippen LogP contribution in [0.5, 0.6) is 5.75 Å². The lowest BCUT2D eigenvalue weighted by Gasteiger charge is -2.14. The van der Waals surface area contributed by atoms with Gasteiger partial charge < -0.3 is 10.1 Å². The van der Waals surface area contributed by atoms with Gasteiger partial charge in [-0.2, -0.15) is 0 Å². The predicted octanol–water partition coefficient (Wildman–Crippen LogP) is 2.16. The van der Waals surface area contributed by atoms with Gasteiger partial charge in [-0.15, -0.1) is 0 Å². The van der Waals surface area contributed by atoms with Gasteiger partial charge in [-0.3, -0.25) is 4.79 Å². The second-order valence-corrected chi connectivity index (χ2v) is 3.72. The number of likely N-dealkylation sites (N-methyl/N-ethyl adjacent to an activating group) is 1. The van der Waals surface area contributed by atoms with Crippen molar-refractivity contribution < 1.29 is 9.53 Å². The lowest BCUT2D eigenvalue weighted by atomic mass is 10.2. The minimum atomic E-state index is -0.505. The first-order chi connectivity index (χ1) is 7.04. The zero-order valence-corrected chi connectivity index (χ0v) is 9.76. The molecule has 15 heavy (non-hydrogen) atoms. The molecule has 1 rings (SSSR count). The molecule has 0 saturated carbocycles. The minimum Gasteiger partial charge on any atom is -0.481 e. The second-order valence-electron chi connectivity index (χ2n) is 3.28. The Labute approximate surface area is 94.4 Å². The summed E-state index contributed by atoms with van der Waals surface area (Å²) >= 11 is 5.81. The summed E-state index contributed by atoms with van der Waals surface area (Å²) in [6.07, 6.45) is -0.505. The summed E-state index contributed by atoms with van der Waals surface area (Å²) in [5.74, 6) is 0.528. The molecule has 3 nitrogen and oxygen atoms in total. The fraction of sp³-hybridized carbons (Fsp3) is 0.364. The van der Waals surface area contributed by atoms with Crippen molar-refractivity contribution in [1.82, 2.24) is 5.32 Å². The van der Waals surface area contributed by atoms with E-state index in [9.17, 15) is 4.79 Å². The molecule has 0 unspecified atom stereocenters. The molecule has 1 aromatic rings. The SMILES string of the molecule is CNC(=O)[C@@H](C)Oc1ccc(Cl)cc1C. The summed E-state index contributed by atoms with van der Waals surface area (Å²) in [4.78, 5) is 11.2. The van der Waals surface area contributed by atoms with E-state index in [2.05, 4.69) is 5.32 Å². The van der Waals surface area contributed by atoms with Gasteiger partial charge >= 0.3 is 0 Å². The summed E-state index contributed by atoms with van der Waals surface area (Å²) in [6.45, 7) is 3.59. The van der Waals surface area contributed by atoms with Crippen LogP contribution < -0.4 is 10.1 Å². The molecule has 0 fully saturated rings. The van der Waals surface area contributed by atoms with Gasteiger partial charge in [0.2, 0.25) is 0 Å². The summed E-state index contributed by atoms with van der Waals surface area (Å²) in [5, 5.41) is 3.19. The quantitative estimate of drug-likeness (QED) is 0.860. The molecule has 0 aliphatic rings. The van der Waals surface area contributed by atoms with Crippen molar-refractivity contribution in [3.05, 3.63) is 28.8 Å². The Balaban J connectivity index is 2.76. The Bertz CT molecular complexity index is 366. The van der Waals surface area contributed by atoms with Crippen LogP contribution in [0.3, 0.4) is 0 Å². The maximum absolute atomic E-state index is 11.2. The van der Waals surface area contributed by atoms with Crippen LogP contribution in [-0.4, -0.2) is 19.1 Å². The van der Waals surface area contributed by atoms with E-state index in [-0.39, 0.29) is 5.91 Å². The average Bonchev–Trinajstić information content (AvgIpc) is 2.20. The van der Waals surface area contributed by atoms with Gasteiger partial charge in [0.15, 0.2) is 6.10 Å². The van der Waals surface area contributed by atoms with Crippen LogP contribution in [0.1, 0.15) is 12.5 Å². The summed E-state index contributed by atoms with van der Waals surface area (Å²) < 4.78 is 5.48. The van der Waals surface area contributed by atoms with Crippen LogP contribution in [0.2, 0.25) is 5.02 Å². The predicted molar refractivity (Wildman–Crippen MR) is 60.3 cm³/mol. The molecule has 0 radical (unpaired) electrons. The molecule has 0 aliphatic carbocycles. The minimum absolute atomic E-state index is 0.149. The molecule has 0 saturated heterocycles. The topological polar surface area (TPSA) is 38.3 Å². The highest BCUT2D eigenvalue weighted by Gasteiger charge is 2.13. The molecule has 4 heteroatoms. The van der Waals surface area contributed by atoms with E-state index >= 15 is 0 Å². The van der Waals surface area contributed by atoms with Crippen LogP contribution in [0, 0.1) is 6.92 Å². The zero-order chi connectivity index (χ0) is 11.4. The van der Waals surface area contributed by atoms with E-state index in [1.54, 1.807) is 32.2 Å². The van der Waals surface area contributed by atoms with Gasteiger partial charge in [-0.1, -0.05) is 11.6 Å². The third-order valence-corrected chi connectivity index (χ3v) is 2.29. The van der Waals surface area contributed by atoms with Crippen molar-refractivity contribution in [1.29, 1.82) is 0 Å². The molecule has 0 bridgehead atoms. The molecule has 1 N–H and O–H groups in total. The number of hydrogen-bond acceptors (Lipinski definition) is 2. The molecule has 0 aliphatic heterocycles. The van der Waals surface area contributed by atoms with E-state index in [0.717, 1.165) is 5.56 Å². The third-order valence-electron chi connectivity index (χ3n) is 2.06. The Morgan fingerprint density at radius 2 is 2.20 bits per heavy atom. The normalized spacial score (nSPS) is 12.0. The van der Waals surface area contributed by atoms with Crippen LogP contribution >= 0.6 is 11.6 Å². The molecule has 0 spiro atoms. The Morgan fingerprint density at radius 3 is 2.73 bits per heavy atom. The van der Waals surface area contributed by atoms with Crippen molar-refractivity contribution in [3.63, 3.8) is 0 Å². The van der Waals surface area contributed by atoms with Crippen LogP contribution in [0.4, 0.5) is 0 Å². The highest BCUT2D eigenvalue weighted by molar-refractivity contribution is 6.30. The molecule has 1 atom stereocenters. The zero-order valence-electron chi connectivity index (χ0n) is 9.00. The fourth-order valence-electron chi connectivity index (χ4n) is 1.19. The molecule has 1 aromatic carbocycles. The number of nitrogens with one attached hydrogen (secondary N) is 1. The number of hydrogen-bond donors (Lipinski definition) is 1. The monoisotopic (exact) mass is 227 g/mol. The van der Waals surface area contributed by atoms with E-state index in [1.165, 1.54) is 0 Å². The first kappa shape index (κ1) is 11.9. The maximum Gasteiger partial charge on any atom is 0.260 e. The van der Waals surface area contributed by atoms with Gasteiger partial charge in [0.1, 0.15) is 5.75 Å². The van der Waals surface area contributed by atoms with E-state index < -0.39 is 6.10 Å². The number of carbonyl (C=O) groups is 1. The van der Waals surface area contributed by atoms with Crippen molar-refractivity contribution in [2.24, 2.45) is 0 Å². The van der Waals surface area contributed by atoms with E-state index in [1.807, 2.05) is 6.92 Å². The number of ether oxygens (including phenoxy) is 1. The fourth-order valence-corrected chi connectivity index (χ4v) is 1.42. The number of rotatable bonds is 3. The van der Waals surface area contributed by atoms with Gasteiger partial charge in [-0.25, -0.2) is 0 Å². The summed E-state index contributed by atoms with van der Waals surface area (Å²) in [5.41, 5.74) is 0.915. The number of amides is 1. The lowest BCUT2D eigenvalue weighted by Crippen LogP contribution is -2.33. The lowest BCUT2D eigenvalue weighted by molar-refractivity contribution is -0.126. The second kappa shape index (κ2) is 5.03. The average molecular weight is 228 g/mol. The number of aryl methyl sites for hydroxylation is 1. The van der Waals surface area contributed by atoms with Gasteiger partial charge in [-0.05, 0) is 37.6 Å². The Hall–Kier alpha value is -1.22. The Kier molecular flexibility index (Phi) is 3.97. The smallest absolute Gasteiger partial charge is 0.260 e. The van der Waals surface area contributed by atoms with Crippen molar-refractivity contribution in [2.75, 3.05) is 7.05 Å². The van der Waals surface area contributed by atoms with E-state index in [0.29, 0.717) is 10.8 Å². The molecule has 82 valence electrons. The first-order valence-corrected chi connectivity index (χ1v) is 5.06. The van der Waals surface area contributed by atoms with Crippen LogP contribution in [0.25, 0.3) is 0 Å². The van der Waals surface area contributed by atoms with Crippen LogP contribution in [-0.2, 0) is 4.79 Å². The highest BCUT2D eigenvalue weighted by Crippen LogP contribution is 2.22. The maximum atomic E-state index is 11.2. The summed E-state index contributed by atoms with van der Waals surface area (Å²) in [6, 6.07) is 5.30. The van der Waals surface area contributed by atoms with Gasteiger partial charge in [0.05, 0.1) is 0 Å². The standard InChI is InChI=1S/C11H14ClNO2/c1-7-6-9(12)4-5-10(7)15-8(2)11(14)13-3/h4-6,8H,1-3H3,(H,13,14)/t8-/m1/s1. The Morgan fingerprint density at radius 1 is 1.53 bits per heavy atom. The molecule has 0 heterocycles. The number of benzene rings is 1. The van der Waals surface area contributed by atoms with Crippen molar-refractivity contribution in [3.8, 4) is 5.75 Å². The molecular weight excluding hydrogens is 214 g/mol. The number of carbonyl (C=O) groups excluding carboxylic acids is 1. The largest absolute Gasteiger partial charge is 0.481 e. The third kappa shape index (κ3) is 3.13. The summed E-state index contributed by atoms with van der Waals surface area (Å²) in [7, 11) is 1.58. The van der Waals surface area contributed by atoms with Gasteiger partial charge in [0, 0.05) is 12.1 Å². The highest BCUT2D eigenvalue weighted by atomic mass is 35.5. The van der Waals surface area contributed by atoms with Crippen molar-refractivity contribution >= 4 is 17.5 Å². The molecule has 0 aromatic heterocycles. The van der Waals surface area contributed by atoms with E-state index in [4.69, 9.17) is 16.3 Å². The molecular formula is C11H14ClNO2. The number of halogens is 1. The first-order valence-electron chi connectivity index (χ1n) is 4.69. The van der Waals surface area contributed by atoms with Crippen molar-refractivity contribution in [2.45, 2.75) is 20.0 Å².